The third-order valence-corrected chi connectivity index (χ3v) is 5.54. The first-order valence-corrected chi connectivity index (χ1v) is 11.3. The third kappa shape index (κ3) is 6.19. The van der Waals surface area contributed by atoms with Crippen LogP contribution in [0.15, 0.2) is 36.8 Å². The Morgan fingerprint density at radius 3 is 2.83 bits per heavy atom. The summed E-state index contributed by atoms with van der Waals surface area (Å²) >= 11 is 0. The molecule has 1 aliphatic rings. The van der Waals surface area contributed by atoms with Crippen LogP contribution in [-0.2, 0) is 19.1 Å². The molecule has 3 N–H and O–H groups in total. The molecule has 3 heterocycles. The van der Waals surface area contributed by atoms with Gasteiger partial charge in [0.2, 0.25) is 5.91 Å². The van der Waals surface area contributed by atoms with Crippen molar-refractivity contribution >= 4 is 40.0 Å². The van der Waals surface area contributed by atoms with E-state index < -0.39 is 0 Å². The number of hydrogen-bond acceptors (Lipinski definition) is 10. The van der Waals surface area contributed by atoms with Gasteiger partial charge in [-0.05, 0) is 24.6 Å². The Labute approximate surface area is 202 Å². The first-order chi connectivity index (χ1) is 17.1. The molecule has 1 aromatic carbocycles. The second-order valence-electron chi connectivity index (χ2n) is 7.93. The molecule has 0 aliphatic carbocycles. The van der Waals surface area contributed by atoms with Crippen LogP contribution in [0.25, 0.3) is 10.9 Å². The highest BCUT2D eigenvalue weighted by Crippen LogP contribution is 2.33. The number of nitrogens with one attached hydrogen (secondary N) is 3. The summed E-state index contributed by atoms with van der Waals surface area (Å²) in [7, 11) is 2.85. The summed E-state index contributed by atoms with van der Waals surface area (Å²) in [6.45, 7) is 2.17. The van der Waals surface area contributed by atoms with E-state index in [4.69, 9.17) is 9.47 Å². The number of hydrogen-bond donors (Lipinski definition) is 3. The molecule has 1 fully saturated rings. The maximum Gasteiger partial charge on any atom is 0.305 e. The summed E-state index contributed by atoms with van der Waals surface area (Å²) in [4.78, 5) is 36.9. The number of methoxy groups -OCH3 is 2. The molecule has 0 radical (unpaired) electrons. The van der Waals surface area contributed by atoms with Gasteiger partial charge in [-0.2, -0.15) is 0 Å². The van der Waals surface area contributed by atoms with Gasteiger partial charge < -0.3 is 30.2 Å². The van der Waals surface area contributed by atoms with Gasteiger partial charge in [-0.3, -0.25) is 14.6 Å². The van der Waals surface area contributed by atoms with E-state index in [0.717, 1.165) is 17.9 Å². The van der Waals surface area contributed by atoms with E-state index >= 15 is 0 Å². The number of anilines is 3. The number of ether oxygens (including phenoxy) is 3. The summed E-state index contributed by atoms with van der Waals surface area (Å²) in [6, 6.07) is 7.29. The van der Waals surface area contributed by atoms with Crippen molar-refractivity contribution in [2.75, 3.05) is 44.5 Å². The number of rotatable bonds is 9. The molecule has 1 amide bonds. The summed E-state index contributed by atoms with van der Waals surface area (Å²) in [5.41, 5.74) is 2.76. The van der Waals surface area contributed by atoms with E-state index in [1.807, 2.05) is 12.1 Å². The van der Waals surface area contributed by atoms with Crippen LogP contribution in [0.2, 0.25) is 0 Å². The van der Waals surface area contributed by atoms with Crippen molar-refractivity contribution in [1.82, 2.24) is 20.3 Å². The number of carbonyl (C=O) groups excluding carboxylic acids is 2. The Kier molecular flexibility index (Phi) is 8.01. The average Bonchev–Trinajstić information content (AvgIpc) is 2.89. The molecule has 1 atom stereocenters. The van der Waals surface area contributed by atoms with Crippen LogP contribution in [0.5, 0.6) is 5.75 Å². The first kappa shape index (κ1) is 24.3. The second-order valence-corrected chi connectivity index (χ2v) is 7.93. The predicted octanol–water partition coefficient (Wildman–Crippen LogP) is 2.72. The standard InChI is InChI=1S/C24H28N6O5/c1-33-20-12-17-16(11-19(20)30-22(31)4-3-5-23(32)34-2)24(28-14-27-17)29-15-6-7-26-18(10-15)21-13-25-8-9-35-21/h6-7,10-12,14,21,25H,3-5,8-9,13H2,1-2H3,(H,30,31)(H,26,27,28,29). The van der Waals surface area contributed by atoms with Crippen molar-refractivity contribution in [1.29, 1.82) is 0 Å². The lowest BCUT2D eigenvalue weighted by molar-refractivity contribution is -0.140. The van der Waals surface area contributed by atoms with E-state index in [1.54, 1.807) is 18.3 Å². The lowest BCUT2D eigenvalue weighted by atomic mass is 10.1. The number of fused-ring (bicyclic) bond motifs is 1. The monoisotopic (exact) mass is 480 g/mol. The Balaban J connectivity index is 1.55. The van der Waals surface area contributed by atoms with Crippen LogP contribution < -0.4 is 20.7 Å². The van der Waals surface area contributed by atoms with E-state index in [-0.39, 0.29) is 30.8 Å². The zero-order valence-corrected chi connectivity index (χ0v) is 19.7. The van der Waals surface area contributed by atoms with Crippen LogP contribution in [0.4, 0.5) is 17.2 Å². The minimum absolute atomic E-state index is 0.113. The molecular weight excluding hydrogens is 452 g/mol. The van der Waals surface area contributed by atoms with Gasteiger partial charge >= 0.3 is 5.97 Å². The smallest absolute Gasteiger partial charge is 0.305 e. The SMILES string of the molecule is COC(=O)CCCC(=O)Nc1cc2c(Nc3ccnc(C4CNCCO4)c3)ncnc2cc1OC. The molecule has 0 bridgehead atoms. The Morgan fingerprint density at radius 2 is 2.06 bits per heavy atom. The molecule has 184 valence electrons. The van der Waals surface area contributed by atoms with Crippen LogP contribution in [-0.4, -0.2) is 60.7 Å². The maximum atomic E-state index is 12.5. The van der Waals surface area contributed by atoms with Gasteiger partial charge in [-0.15, -0.1) is 0 Å². The fourth-order valence-electron chi connectivity index (χ4n) is 3.75. The Bertz CT molecular complexity index is 1200. The molecule has 1 aliphatic heterocycles. The third-order valence-electron chi connectivity index (χ3n) is 5.54. The molecule has 4 rings (SSSR count). The predicted molar refractivity (Wildman–Crippen MR) is 130 cm³/mol. The van der Waals surface area contributed by atoms with Crippen LogP contribution in [0.3, 0.4) is 0 Å². The maximum absolute atomic E-state index is 12.5. The van der Waals surface area contributed by atoms with Crippen molar-refractivity contribution < 1.29 is 23.8 Å². The fourth-order valence-corrected chi connectivity index (χ4v) is 3.75. The Morgan fingerprint density at radius 1 is 1.17 bits per heavy atom. The highest BCUT2D eigenvalue weighted by Gasteiger charge is 2.18. The van der Waals surface area contributed by atoms with E-state index in [2.05, 4.69) is 35.6 Å². The summed E-state index contributed by atoms with van der Waals surface area (Å²) in [5, 5.41) is 10.2. The normalized spacial score (nSPS) is 15.4. The minimum Gasteiger partial charge on any atom is -0.494 e. The number of benzene rings is 1. The minimum atomic E-state index is -0.348. The van der Waals surface area contributed by atoms with Crippen LogP contribution in [0, 0.1) is 0 Å². The highest BCUT2D eigenvalue weighted by atomic mass is 16.5. The topological polar surface area (TPSA) is 137 Å². The first-order valence-electron chi connectivity index (χ1n) is 11.3. The van der Waals surface area contributed by atoms with Gasteiger partial charge in [0.25, 0.3) is 0 Å². The van der Waals surface area contributed by atoms with Crippen molar-refractivity contribution in [3.8, 4) is 5.75 Å². The number of amides is 1. The van der Waals surface area contributed by atoms with Gasteiger partial charge in [-0.1, -0.05) is 0 Å². The zero-order chi connectivity index (χ0) is 24.6. The number of aromatic nitrogens is 3. The van der Waals surface area contributed by atoms with Crippen molar-refractivity contribution in [3.63, 3.8) is 0 Å². The summed E-state index contributed by atoms with van der Waals surface area (Å²) < 4.78 is 15.9. The van der Waals surface area contributed by atoms with E-state index in [9.17, 15) is 9.59 Å². The van der Waals surface area contributed by atoms with Gasteiger partial charge in [0, 0.05) is 49.3 Å². The van der Waals surface area contributed by atoms with Gasteiger partial charge in [-0.25, -0.2) is 9.97 Å². The summed E-state index contributed by atoms with van der Waals surface area (Å²) in [5.74, 6) is 0.451. The number of esters is 1. The van der Waals surface area contributed by atoms with E-state index in [1.165, 1.54) is 20.5 Å². The lowest BCUT2D eigenvalue weighted by Gasteiger charge is -2.23. The second kappa shape index (κ2) is 11.5. The Hall–Kier alpha value is -3.83. The van der Waals surface area contributed by atoms with Crippen molar-refractivity contribution in [3.05, 3.63) is 42.5 Å². The largest absolute Gasteiger partial charge is 0.494 e. The lowest BCUT2D eigenvalue weighted by Crippen LogP contribution is -2.33. The molecule has 0 saturated carbocycles. The molecule has 35 heavy (non-hydrogen) atoms. The van der Waals surface area contributed by atoms with Crippen LogP contribution >= 0.6 is 0 Å². The molecule has 11 nitrogen and oxygen atoms in total. The molecule has 1 unspecified atom stereocenters. The fraction of sp³-hybridized carbons (Fsp3) is 0.375. The molecule has 0 spiro atoms. The molecular formula is C24H28N6O5. The number of carbonyl (C=O) groups is 2. The van der Waals surface area contributed by atoms with Crippen molar-refractivity contribution in [2.45, 2.75) is 25.4 Å². The number of nitrogens with zero attached hydrogens (tertiary/aromatic N) is 3. The molecule has 2 aromatic heterocycles. The molecule has 11 heteroatoms. The van der Waals surface area contributed by atoms with Crippen LogP contribution in [0.1, 0.15) is 31.1 Å². The van der Waals surface area contributed by atoms with Gasteiger partial charge in [0.1, 0.15) is 24.0 Å². The highest BCUT2D eigenvalue weighted by molar-refractivity contribution is 5.99. The quantitative estimate of drug-likeness (QED) is 0.392. The number of pyridine rings is 1. The molecule has 3 aromatic rings. The molecule has 1 saturated heterocycles. The number of morpholine rings is 1. The van der Waals surface area contributed by atoms with Gasteiger partial charge in [0.15, 0.2) is 0 Å². The summed E-state index contributed by atoms with van der Waals surface area (Å²) in [6.07, 6.45) is 3.81. The average molecular weight is 481 g/mol. The van der Waals surface area contributed by atoms with Crippen molar-refractivity contribution in [2.24, 2.45) is 0 Å². The zero-order valence-electron chi connectivity index (χ0n) is 19.7. The van der Waals surface area contributed by atoms with Gasteiger partial charge in [0.05, 0.1) is 37.7 Å². The van der Waals surface area contributed by atoms with E-state index in [0.29, 0.717) is 47.7 Å².